The number of carbonyl (C=O) groups is 2. The number of benzene rings is 2. The lowest BCUT2D eigenvalue weighted by molar-refractivity contribution is -0.274. The highest BCUT2D eigenvalue weighted by atomic mass is 19.4. The molecule has 0 bridgehead atoms. The van der Waals surface area contributed by atoms with Crippen LogP contribution < -0.4 is 15.7 Å². The number of rotatable bonds is 6. The summed E-state index contributed by atoms with van der Waals surface area (Å²) in [4.78, 5) is 27.4. The fourth-order valence-corrected chi connectivity index (χ4v) is 3.44. The average Bonchev–Trinajstić information content (AvgIpc) is 3.07. The number of carbonyl (C=O) groups excluding carboxylic acids is 1. The van der Waals surface area contributed by atoms with E-state index in [9.17, 15) is 27.2 Å². The van der Waals surface area contributed by atoms with Gasteiger partial charge >= 0.3 is 12.5 Å². The number of alkyl halides is 3. The maximum absolute atomic E-state index is 13.6. The summed E-state index contributed by atoms with van der Waals surface area (Å²) in [6.07, 6.45) is -3.41. The van der Waals surface area contributed by atoms with E-state index < -0.39 is 36.0 Å². The molecule has 35 heavy (non-hydrogen) atoms. The van der Waals surface area contributed by atoms with Crippen LogP contribution in [0, 0.1) is 12.7 Å². The molecule has 0 spiro atoms. The minimum Gasteiger partial charge on any atom is -0.463 e. The van der Waals surface area contributed by atoms with Crippen molar-refractivity contribution in [1.29, 1.82) is 0 Å². The molecule has 1 heterocycles. The first-order valence-electron chi connectivity index (χ1n) is 10.3. The number of aryl methyl sites for hydroxylation is 2. The number of carboxylic acid groups (broad SMARTS) is 1. The molecule has 0 saturated carbocycles. The van der Waals surface area contributed by atoms with E-state index in [-0.39, 0.29) is 23.3 Å². The van der Waals surface area contributed by atoms with Crippen LogP contribution in [-0.4, -0.2) is 32.6 Å². The number of amides is 2. The smallest absolute Gasteiger partial charge is 0.463 e. The Morgan fingerprint density at radius 3 is 2.51 bits per heavy atom. The summed E-state index contributed by atoms with van der Waals surface area (Å²) in [5, 5.41) is 11.7. The number of hydrogen-bond donors (Lipinski definition) is 2. The number of ether oxygens (including phenoxy) is 1. The van der Waals surface area contributed by atoms with Gasteiger partial charge in [0.15, 0.2) is 0 Å². The highest BCUT2D eigenvalue weighted by Gasteiger charge is 2.31. The quantitative estimate of drug-likeness (QED) is 0.500. The minimum atomic E-state index is -4.99. The van der Waals surface area contributed by atoms with E-state index in [1.165, 1.54) is 39.7 Å². The molecule has 1 atom stereocenters. The summed E-state index contributed by atoms with van der Waals surface area (Å²) < 4.78 is 59.1. The van der Waals surface area contributed by atoms with Crippen molar-refractivity contribution in [1.82, 2.24) is 14.5 Å². The van der Waals surface area contributed by atoms with E-state index in [0.717, 1.165) is 12.1 Å². The van der Waals surface area contributed by atoms with E-state index in [0.29, 0.717) is 11.1 Å². The lowest BCUT2D eigenvalue weighted by atomic mass is 10.0. The lowest BCUT2D eigenvalue weighted by Crippen LogP contribution is -2.28. The van der Waals surface area contributed by atoms with Gasteiger partial charge in [0.05, 0.1) is 12.6 Å². The molecule has 3 rings (SSSR count). The second-order valence-electron chi connectivity index (χ2n) is 7.85. The van der Waals surface area contributed by atoms with Crippen molar-refractivity contribution < 1.29 is 37.0 Å². The summed E-state index contributed by atoms with van der Waals surface area (Å²) in [5.41, 5.74) is 1.15. The van der Waals surface area contributed by atoms with Crippen molar-refractivity contribution in [3.63, 3.8) is 0 Å². The van der Waals surface area contributed by atoms with E-state index in [2.05, 4.69) is 15.0 Å². The standard InChI is InChI=1S/C23H22F4N4O4/c1-13-8-16(4-5-19(13)24)14(2)28-20(32)17-9-15(10-18(11-17)35-23(25,26)27)12-31-7-6-30(3)21(31)29-22(33)34/h4-11,14H,12H2,1-3H3,(H,28,32)(H,33,34). The first-order chi connectivity index (χ1) is 16.3. The summed E-state index contributed by atoms with van der Waals surface area (Å²) >= 11 is 0. The molecule has 1 aromatic heterocycles. The third kappa shape index (κ3) is 6.71. The van der Waals surface area contributed by atoms with Crippen LogP contribution in [0.5, 0.6) is 5.75 Å². The third-order valence-electron chi connectivity index (χ3n) is 5.08. The molecule has 1 unspecified atom stereocenters. The highest BCUT2D eigenvalue weighted by Crippen LogP contribution is 2.26. The summed E-state index contributed by atoms with van der Waals surface area (Å²) in [6, 6.07) is 7.18. The Kier molecular flexibility index (Phi) is 7.32. The predicted molar refractivity (Wildman–Crippen MR) is 116 cm³/mol. The molecular weight excluding hydrogens is 472 g/mol. The Morgan fingerprint density at radius 1 is 1.17 bits per heavy atom. The normalized spacial score (nSPS) is 12.9. The molecular formula is C23H22F4N4O4. The summed E-state index contributed by atoms with van der Waals surface area (Å²) in [6.45, 7) is 3.14. The van der Waals surface area contributed by atoms with Gasteiger partial charge in [0.2, 0.25) is 5.62 Å². The van der Waals surface area contributed by atoms with Gasteiger partial charge in [-0.2, -0.15) is 0 Å². The molecule has 3 aromatic rings. The number of aromatic nitrogens is 2. The average molecular weight is 494 g/mol. The molecule has 0 aliphatic rings. The molecule has 0 saturated heterocycles. The first-order valence-corrected chi connectivity index (χ1v) is 10.3. The zero-order valence-corrected chi connectivity index (χ0v) is 18.9. The molecule has 0 fully saturated rings. The molecule has 2 N–H and O–H groups in total. The van der Waals surface area contributed by atoms with Crippen LogP contribution in [-0.2, 0) is 13.6 Å². The van der Waals surface area contributed by atoms with E-state index in [1.54, 1.807) is 27.0 Å². The predicted octanol–water partition coefficient (Wildman–Crippen LogP) is 4.29. The summed E-state index contributed by atoms with van der Waals surface area (Å²) in [5.74, 6) is -1.69. The number of imidazole rings is 1. The number of halogens is 4. The van der Waals surface area contributed by atoms with Gasteiger partial charge in [-0.1, -0.05) is 12.1 Å². The Balaban J connectivity index is 1.94. The number of nitrogens with one attached hydrogen (secondary N) is 1. The van der Waals surface area contributed by atoms with Gasteiger partial charge in [-0.25, -0.2) is 9.18 Å². The Bertz CT molecular complexity index is 1330. The highest BCUT2D eigenvalue weighted by molar-refractivity contribution is 5.95. The maximum Gasteiger partial charge on any atom is 0.573 e. The van der Waals surface area contributed by atoms with E-state index in [1.807, 2.05) is 0 Å². The molecule has 12 heteroatoms. The lowest BCUT2D eigenvalue weighted by Gasteiger charge is -2.17. The zero-order chi connectivity index (χ0) is 25.9. The van der Waals surface area contributed by atoms with Gasteiger partial charge in [0.1, 0.15) is 11.6 Å². The van der Waals surface area contributed by atoms with Gasteiger partial charge in [0, 0.05) is 25.0 Å². The van der Waals surface area contributed by atoms with Gasteiger partial charge in [-0.3, -0.25) is 4.79 Å². The van der Waals surface area contributed by atoms with Crippen LogP contribution in [0.1, 0.15) is 40.0 Å². The van der Waals surface area contributed by atoms with Crippen molar-refractivity contribution in [3.8, 4) is 5.75 Å². The van der Waals surface area contributed by atoms with Crippen LogP contribution in [0.15, 0.2) is 53.8 Å². The van der Waals surface area contributed by atoms with Crippen molar-refractivity contribution in [2.24, 2.45) is 12.0 Å². The maximum atomic E-state index is 13.6. The van der Waals surface area contributed by atoms with Crippen LogP contribution in [0.4, 0.5) is 22.4 Å². The third-order valence-corrected chi connectivity index (χ3v) is 5.08. The van der Waals surface area contributed by atoms with Crippen molar-refractivity contribution >= 4 is 12.0 Å². The molecule has 0 aliphatic carbocycles. The second-order valence-corrected chi connectivity index (χ2v) is 7.85. The van der Waals surface area contributed by atoms with E-state index in [4.69, 9.17) is 5.11 Å². The largest absolute Gasteiger partial charge is 0.573 e. The molecule has 186 valence electrons. The molecule has 0 aliphatic heterocycles. The second kappa shape index (κ2) is 10.0. The van der Waals surface area contributed by atoms with Crippen molar-refractivity contribution in [2.45, 2.75) is 32.8 Å². The van der Waals surface area contributed by atoms with Gasteiger partial charge in [-0.15, -0.1) is 18.2 Å². The fourth-order valence-electron chi connectivity index (χ4n) is 3.44. The van der Waals surface area contributed by atoms with Crippen LogP contribution >= 0.6 is 0 Å². The Morgan fingerprint density at radius 2 is 1.89 bits per heavy atom. The SMILES string of the molecule is Cc1cc(C(C)NC(=O)c2cc(Cn3ccn(C)c3=NC(=O)O)cc(OC(F)(F)F)c2)ccc1F. The van der Waals surface area contributed by atoms with Gasteiger partial charge in [-0.05, 0) is 54.8 Å². The van der Waals surface area contributed by atoms with Gasteiger partial charge < -0.3 is 24.3 Å². The van der Waals surface area contributed by atoms with Crippen LogP contribution in [0.25, 0.3) is 0 Å². The van der Waals surface area contributed by atoms with Crippen LogP contribution in [0.2, 0.25) is 0 Å². The molecule has 2 amide bonds. The van der Waals surface area contributed by atoms with Crippen LogP contribution in [0.3, 0.4) is 0 Å². The molecule has 2 aromatic carbocycles. The molecule has 0 radical (unpaired) electrons. The Labute approximate surface area is 197 Å². The monoisotopic (exact) mass is 494 g/mol. The fraction of sp³-hybridized carbons (Fsp3) is 0.261. The number of nitrogens with zero attached hydrogens (tertiary/aromatic N) is 3. The minimum absolute atomic E-state index is 0.0333. The molecule has 8 nitrogen and oxygen atoms in total. The van der Waals surface area contributed by atoms with Gasteiger partial charge in [0.25, 0.3) is 5.91 Å². The van der Waals surface area contributed by atoms with Crippen molar-refractivity contribution in [3.05, 3.63) is 82.5 Å². The first kappa shape index (κ1) is 25.5. The zero-order valence-electron chi connectivity index (χ0n) is 18.9. The Hall–Kier alpha value is -4.09. The number of hydrogen-bond acceptors (Lipinski definition) is 3. The van der Waals surface area contributed by atoms with E-state index >= 15 is 0 Å². The van der Waals surface area contributed by atoms with Crippen molar-refractivity contribution in [2.75, 3.05) is 0 Å². The topological polar surface area (TPSA) is 97.9 Å². The summed E-state index contributed by atoms with van der Waals surface area (Å²) in [7, 11) is 1.55.